The fourth-order valence-corrected chi connectivity index (χ4v) is 2.31. The van der Waals surface area contributed by atoms with E-state index in [1.165, 1.54) is 0 Å². The summed E-state index contributed by atoms with van der Waals surface area (Å²) >= 11 is 8.10. The largest absolute Gasteiger partial charge is 0.335 e. The van der Waals surface area contributed by atoms with E-state index in [-0.39, 0.29) is 9.50 Å². The zero-order valence-electron chi connectivity index (χ0n) is 5.89. The maximum atomic E-state index is 13.0. The molecule has 0 heterocycles. The van der Waals surface area contributed by atoms with Gasteiger partial charge in [0, 0.05) is 5.02 Å². The van der Waals surface area contributed by atoms with Crippen molar-refractivity contribution in [1.82, 2.24) is 0 Å². The molecule has 0 fully saturated rings. The molecule has 7 heteroatoms. The maximum absolute atomic E-state index is 13.0. The fourth-order valence-electron chi connectivity index (χ4n) is 0.710. The number of halogens is 4. The van der Waals surface area contributed by atoms with E-state index in [9.17, 15) is 16.7 Å². The Morgan fingerprint density at radius 3 is 2.38 bits per heavy atom. The van der Waals surface area contributed by atoms with Crippen molar-refractivity contribution in [1.29, 1.82) is 0 Å². The van der Waals surface area contributed by atoms with Crippen molar-refractivity contribution in [3.05, 3.63) is 27.4 Å². The van der Waals surface area contributed by atoms with Crippen LogP contribution in [-0.2, 0) is 10.2 Å². The van der Waals surface area contributed by atoms with E-state index in [2.05, 4.69) is 15.9 Å². The summed E-state index contributed by atoms with van der Waals surface area (Å²) in [5.41, 5.74) is 0. The average molecular weight is 292 g/mol. The zero-order valence-corrected chi connectivity index (χ0v) is 9.05. The molecule has 0 N–H and O–H groups in total. The molecule has 0 aromatic heterocycles. The van der Waals surface area contributed by atoms with Crippen LogP contribution in [0.1, 0.15) is 0 Å². The van der Waals surface area contributed by atoms with Crippen molar-refractivity contribution < 1.29 is 16.7 Å². The molecule has 0 aliphatic rings. The van der Waals surface area contributed by atoms with E-state index in [1.54, 1.807) is 0 Å². The van der Waals surface area contributed by atoms with Crippen LogP contribution in [0.2, 0.25) is 5.02 Å². The third-order valence-electron chi connectivity index (χ3n) is 1.22. The van der Waals surface area contributed by atoms with E-state index in [0.29, 0.717) is 6.07 Å². The molecule has 0 amide bonds. The lowest BCUT2D eigenvalue weighted by Crippen LogP contribution is -1.97. The Labute approximate surface area is 86.9 Å². The van der Waals surface area contributed by atoms with Gasteiger partial charge in [0.15, 0.2) is 5.82 Å². The molecule has 72 valence electrons. The minimum absolute atomic E-state index is 0.0653. The summed E-state index contributed by atoms with van der Waals surface area (Å²) in [7, 11) is -5.07. The van der Waals surface area contributed by atoms with Gasteiger partial charge in [-0.2, -0.15) is 8.42 Å². The van der Waals surface area contributed by atoms with Crippen LogP contribution in [-0.4, -0.2) is 8.42 Å². The second-order valence-corrected chi connectivity index (χ2v) is 4.74. The van der Waals surface area contributed by atoms with Gasteiger partial charge in [-0.1, -0.05) is 11.6 Å². The molecule has 1 aromatic rings. The van der Waals surface area contributed by atoms with Gasteiger partial charge in [-0.05, 0) is 28.1 Å². The molecular formula is C6H2BrClF2O2S. The smallest absolute Gasteiger partial charge is 0.204 e. The lowest BCUT2D eigenvalue weighted by atomic mass is 10.3. The van der Waals surface area contributed by atoms with Crippen LogP contribution in [0.3, 0.4) is 0 Å². The van der Waals surface area contributed by atoms with Crippen molar-refractivity contribution >= 4 is 37.8 Å². The summed E-state index contributed by atoms with van der Waals surface area (Å²) in [6.07, 6.45) is 0. The van der Waals surface area contributed by atoms with Crippen molar-refractivity contribution in [3.63, 3.8) is 0 Å². The molecule has 1 rings (SSSR count). The highest BCUT2D eigenvalue weighted by Crippen LogP contribution is 2.28. The Morgan fingerprint density at radius 1 is 1.38 bits per heavy atom. The van der Waals surface area contributed by atoms with Gasteiger partial charge >= 0.3 is 10.2 Å². The number of benzene rings is 1. The highest BCUT2D eigenvalue weighted by atomic mass is 79.9. The van der Waals surface area contributed by atoms with Crippen molar-refractivity contribution in [3.8, 4) is 0 Å². The summed E-state index contributed by atoms with van der Waals surface area (Å²) in [6, 6.07) is 1.84. The van der Waals surface area contributed by atoms with Gasteiger partial charge in [0.05, 0.1) is 4.47 Å². The highest BCUT2D eigenvalue weighted by Gasteiger charge is 2.20. The highest BCUT2D eigenvalue weighted by molar-refractivity contribution is 9.10. The molecule has 2 nitrogen and oxygen atoms in total. The van der Waals surface area contributed by atoms with Crippen LogP contribution in [0, 0.1) is 5.82 Å². The molecule has 0 saturated heterocycles. The Balaban J connectivity index is 3.56. The standard InChI is InChI=1S/C6H2BrClF2O2S/c7-4-1-3(8)2-5(6(4)9)13(10,11)12/h1-2H. The molecule has 1 aromatic carbocycles. The minimum Gasteiger partial charge on any atom is -0.204 e. The van der Waals surface area contributed by atoms with E-state index >= 15 is 0 Å². The van der Waals surface area contributed by atoms with Crippen LogP contribution in [0.15, 0.2) is 21.5 Å². The minimum atomic E-state index is -5.07. The third kappa shape index (κ3) is 2.38. The van der Waals surface area contributed by atoms with Gasteiger partial charge in [-0.15, -0.1) is 3.89 Å². The predicted molar refractivity (Wildman–Crippen MR) is 47.4 cm³/mol. The molecule has 0 spiro atoms. The monoisotopic (exact) mass is 290 g/mol. The first-order chi connectivity index (χ1) is 5.82. The molecule has 0 unspecified atom stereocenters. The van der Waals surface area contributed by atoms with Gasteiger partial charge < -0.3 is 0 Å². The van der Waals surface area contributed by atoms with Crippen LogP contribution in [0.4, 0.5) is 8.28 Å². The first-order valence-corrected chi connectivity index (χ1v) is 5.47. The summed E-state index contributed by atoms with van der Waals surface area (Å²) in [6.45, 7) is 0. The van der Waals surface area contributed by atoms with Gasteiger partial charge in [0.25, 0.3) is 0 Å². The van der Waals surface area contributed by atoms with Gasteiger partial charge in [0.1, 0.15) is 4.90 Å². The van der Waals surface area contributed by atoms with E-state index < -0.39 is 20.9 Å². The lowest BCUT2D eigenvalue weighted by Gasteiger charge is -2.00. The third-order valence-corrected chi connectivity index (χ3v) is 2.84. The Kier molecular flexibility index (Phi) is 2.94. The normalized spacial score (nSPS) is 11.7. The summed E-state index contributed by atoms with van der Waals surface area (Å²) < 4.78 is 45.9. The maximum Gasteiger partial charge on any atom is 0.335 e. The first-order valence-electron chi connectivity index (χ1n) is 2.91. The number of rotatable bonds is 1. The van der Waals surface area contributed by atoms with Gasteiger partial charge in [-0.3, -0.25) is 0 Å². The van der Waals surface area contributed by atoms with Crippen LogP contribution >= 0.6 is 27.5 Å². The van der Waals surface area contributed by atoms with Crippen molar-refractivity contribution in [2.45, 2.75) is 4.90 Å². The quantitative estimate of drug-likeness (QED) is 0.589. The van der Waals surface area contributed by atoms with Gasteiger partial charge in [-0.25, -0.2) is 4.39 Å². The number of hydrogen-bond acceptors (Lipinski definition) is 2. The Hall–Kier alpha value is -0.200. The molecule has 0 saturated carbocycles. The summed E-state index contributed by atoms with van der Waals surface area (Å²) in [4.78, 5) is -1.06. The number of hydrogen-bond donors (Lipinski definition) is 0. The van der Waals surface area contributed by atoms with Crippen LogP contribution < -0.4 is 0 Å². The molecule has 0 aliphatic carbocycles. The molecule has 0 aliphatic heterocycles. The first kappa shape index (κ1) is 10.9. The average Bonchev–Trinajstić information content (AvgIpc) is 1.94. The second kappa shape index (κ2) is 3.51. The fraction of sp³-hybridized carbons (Fsp3) is 0. The molecule has 0 radical (unpaired) electrons. The molecule has 0 atom stereocenters. The topological polar surface area (TPSA) is 34.1 Å². The SMILES string of the molecule is O=S(=O)(F)c1cc(Cl)cc(Br)c1F. The molecule has 0 bridgehead atoms. The van der Waals surface area contributed by atoms with Crippen LogP contribution in [0.5, 0.6) is 0 Å². The Morgan fingerprint density at radius 2 is 1.92 bits per heavy atom. The zero-order chi connectivity index (χ0) is 10.2. The lowest BCUT2D eigenvalue weighted by molar-refractivity contribution is 0.531. The van der Waals surface area contributed by atoms with Crippen molar-refractivity contribution in [2.24, 2.45) is 0 Å². The van der Waals surface area contributed by atoms with E-state index in [0.717, 1.165) is 6.07 Å². The summed E-state index contributed by atoms with van der Waals surface area (Å²) in [5, 5.41) is -0.0653. The molecular weight excluding hydrogens is 289 g/mol. The van der Waals surface area contributed by atoms with Crippen molar-refractivity contribution in [2.75, 3.05) is 0 Å². The van der Waals surface area contributed by atoms with Crippen LogP contribution in [0.25, 0.3) is 0 Å². The Bertz CT molecular complexity index is 446. The second-order valence-electron chi connectivity index (χ2n) is 2.14. The predicted octanol–water partition coefficient (Wildman–Crippen LogP) is 2.90. The van der Waals surface area contributed by atoms with Gasteiger partial charge in [0.2, 0.25) is 0 Å². The van der Waals surface area contributed by atoms with E-state index in [1.807, 2.05) is 0 Å². The summed E-state index contributed by atoms with van der Waals surface area (Å²) in [5.74, 6) is -1.19. The molecule has 13 heavy (non-hydrogen) atoms. The van der Waals surface area contributed by atoms with E-state index in [4.69, 9.17) is 11.6 Å².